The summed E-state index contributed by atoms with van der Waals surface area (Å²) in [5, 5.41) is 3.37. The summed E-state index contributed by atoms with van der Waals surface area (Å²) in [4.78, 5) is 11.9. The molecule has 0 heterocycles. The summed E-state index contributed by atoms with van der Waals surface area (Å²) < 4.78 is 4.84. The van der Waals surface area contributed by atoms with Crippen molar-refractivity contribution in [2.45, 2.75) is 26.4 Å². The van der Waals surface area contributed by atoms with Crippen molar-refractivity contribution in [1.82, 2.24) is 0 Å². The fraction of sp³-hybridized carbons (Fsp3) is 0.316. The van der Waals surface area contributed by atoms with Crippen molar-refractivity contribution in [3.05, 3.63) is 65.7 Å². The van der Waals surface area contributed by atoms with Crippen LogP contribution in [0.2, 0.25) is 0 Å². The first-order chi connectivity index (χ1) is 10.9. The van der Waals surface area contributed by atoms with Crippen LogP contribution in [0.5, 0.6) is 0 Å². The first-order valence-corrected chi connectivity index (χ1v) is 7.67. The highest BCUT2D eigenvalue weighted by Gasteiger charge is 2.36. The minimum atomic E-state index is -0.770. The molecular formula is C19H24N2O2. The molecule has 3 N–H and O–H groups in total. The lowest BCUT2D eigenvalue weighted by Gasteiger charge is -2.29. The molecule has 0 fully saturated rings. The van der Waals surface area contributed by atoms with Crippen molar-refractivity contribution >= 4 is 11.7 Å². The van der Waals surface area contributed by atoms with Gasteiger partial charge in [0.15, 0.2) is 0 Å². The van der Waals surface area contributed by atoms with Gasteiger partial charge in [0.2, 0.25) is 0 Å². The van der Waals surface area contributed by atoms with Gasteiger partial charge >= 0.3 is 5.97 Å². The zero-order valence-corrected chi connectivity index (χ0v) is 13.9. The minimum Gasteiger partial charge on any atom is -0.469 e. The zero-order valence-electron chi connectivity index (χ0n) is 13.9. The maximum absolute atomic E-state index is 11.9. The Hall–Kier alpha value is -2.33. The predicted molar refractivity (Wildman–Crippen MR) is 92.9 cm³/mol. The first-order valence-electron chi connectivity index (χ1n) is 7.67. The van der Waals surface area contributed by atoms with E-state index in [9.17, 15) is 4.79 Å². The van der Waals surface area contributed by atoms with E-state index in [1.807, 2.05) is 42.5 Å². The van der Waals surface area contributed by atoms with Gasteiger partial charge < -0.3 is 15.8 Å². The molecule has 0 radical (unpaired) electrons. The summed E-state index contributed by atoms with van der Waals surface area (Å²) in [6, 6.07) is 17.6. The number of carbonyl (C=O) groups excluding carboxylic acids is 1. The summed E-state index contributed by atoms with van der Waals surface area (Å²) in [7, 11) is 1.38. The number of benzene rings is 2. The third-order valence-electron chi connectivity index (χ3n) is 4.10. The normalized spacial score (nSPS) is 12.5. The second-order valence-corrected chi connectivity index (χ2v) is 6.15. The van der Waals surface area contributed by atoms with Gasteiger partial charge in [-0.25, -0.2) is 0 Å². The van der Waals surface area contributed by atoms with Crippen molar-refractivity contribution in [3.8, 4) is 0 Å². The summed E-state index contributed by atoms with van der Waals surface area (Å²) in [6.45, 7) is 4.36. The third kappa shape index (κ3) is 4.11. The van der Waals surface area contributed by atoms with Gasteiger partial charge in [0.1, 0.15) is 0 Å². The van der Waals surface area contributed by atoms with Gasteiger partial charge in [-0.3, -0.25) is 4.79 Å². The van der Waals surface area contributed by atoms with Crippen LogP contribution in [0.1, 0.15) is 31.0 Å². The van der Waals surface area contributed by atoms with E-state index in [1.54, 1.807) is 13.8 Å². The summed E-state index contributed by atoms with van der Waals surface area (Å²) >= 11 is 0. The van der Waals surface area contributed by atoms with E-state index in [1.165, 1.54) is 12.7 Å². The average Bonchev–Trinajstić information content (AvgIpc) is 2.59. The standard InChI is InChI=1S/C19H24N2O2/c1-19(2,18(22)23-3)17(20)15-9-11-16(12-10-15)21-13-14-7-5-4-6-8-14/h4-12,17,21H,13,20H2,1-3H3/t17-/m1/s1. The summed E-state index contributed by atoms with van der Waals surface area (Å²) in [5.41, 5.74) is 8.62. The highest BCUT2D eigenvalue weighted by atomic mass is 16.5. The quantitative estimate of drug-likeness (QED) is 0.801. The molecule has 0 bridgehead atoms. The monoisotopic (exact) mass is 312 g/mol. The van der Waals surface area contributed by atoms with Crippen LogP contribution >= 0.6 is 0 Å². The molecule has 0 aliphatic heterocycles. The molecule has 23 heavy (non-hydrogen) atoms. The van der Waals surface area contributed by atoms with Crippen LogP contribution in [0, 0.1) is 5.41 Å². The van der Waals surface area contributed by atoms with Crippen LogP contribution in [-0.4, -0.2) is 13.1 Å². The van der Waals surface area contributed by atoms with Crippen molar-refractivity contribution < 1.29 is 9.53 Å². The molecule has 0 unspecified atom stereocenters. The van der Waals surface area contributed by atoms with Gasteiger partial charge in [0.05, 0.1) is 12.5 Å². The van der Waals surface area contributed by atoms with Crippen LogP contribution < -0.4 is 11.1 Å². The molecule has 0 saturated carbocycles. The maximum atomic E-state index is 11.9. The highest BCUT2D eigenvalue weighted by molar-refractivity contribution is 5.77. The average molecular weight is 312 g/mol. The molecule has 0 aliphatic carbocycles. The van der Waals surface area contributed by atoms with E-state index in [0.717, 1.165) is 17.8 Å². The molecule has 122 valence electrons. The molecule has 2 aromatic rings. The van der Waals surface area contributed by atoms with Crippen molar-refractivity contribution in [1.29, 1.82) is 0 Å². The molecule has 4 nitrogen and oxygen atoms in total. The Morgan fingerprint density at radius 3 is 2.30 bits per heavy atom. The van der Waals surface area contributed by atoms with Gasteiger partial charge in [0.25, 0.3) is 0 Å². The van der Waals surface area contributed by atoms with Crippen molar-refractivity contribution in [2.75, 3.05) is 12.4 Å². The Morgan fingerprint density at radius 1 is 1.13 bits per heavy atom. The molecule has 0 aliphatic rings. The second-order valence-electron chi connectivity index (χ2n) is 6.15. The van der Waals surface area contributed by atoms with Crippen molar-refractivity contribution in [2.24, 2.45) is 11.1 Å². The summed E-state index contributed by atoms with van der Waals surface area (Å²) in [5.74, 6) is -0.309. The fourth-order valence-corrected chi connectivity index (χ4v) is 2.41. The Balaban J connectivity index is 2.03. The van der Waals surface area contributed by atoms with Gasteiger partial charge in [-0.15, -0.1) is 0 Å². The maximum Gasteiger partial charge on any atom is 0.313 e. The third-order valence-corrected chi connectivity index (χ3v) is 4.10. The van der Waals surface area contributed by atoms with Crippen LogP contribution in [0.15, 0.2) is 54.6 Å². The number of anilines is 1. The Bertz CT molecular complexity index is 636. The number of methoxy groups -OCH3 is 1. The minimum absolute atomic E-state index is 0.309. The van der Waals surface area contributed by atoms with Crippen molar-refractivity contribution in [3.63, 3.8) is 0 Å². The molecule has 0 saturated heterocycles. The summed E-state index contributed by atoms with van der Waals surface area (Å²) in [6.07, 6.45) is 0. The highest BCUT2D eigenvalue weighted by Crippen LogP contribution is 2.32. The van der Waals surface area contributed by atoms with Gasteiger partial charge in [0, 0.05) is 18.3 Å². The fourth-order valence-electron chi connectivity index (χ4n) is 2.41. The number of hydrogen-bond donors (Lipinski definition) is 2. The largest absolute Gasteiger partial charge is 0.469 e. The number of carbonyl (C=O) groups is 1. The number of hydrogen-bond acceptors (Lipinski definition) is 4. The van der Waals surface area contributed by atoms with E-state index in [2.05, 4.69) is 17.4 Å². The van der Waals surface area contributed by atoms with E-state index >= 15 is 0 Å². The lowest BCUT2D eigenvalue weighted by molar-refractivity contribution is -0.152. The van der Waals surface area contributed by atoms with E-state index in [0.29, 0.717) is 0 Å². The van der Waals surface area contributed by atoms with Gasteiger partial charge in [-0.2, -0.15) is 0 Å². The number of ether oxygens (including phenoxy) is 1. The van der Waals surface area contributed by atoms with E-state index in [-0.39, 0.29) is 5.97 Å². The number of rotatable bonds is 6. The smallest absolute Gasteiger partial charge is 0.313 e. The SMILES string of the molecule is COC(=O)C(C)(C)[C@H](N)c1ccc(NCc2ccccc2)cc1. The first kappa shape index (κ1) is 17.0. The van der Waals surface area contributed by atoms with E-state index in [4.69, 9.17) is 10.5 Å². The molecule has 4 heteroatoms. The number of esters is 1. The molecule has 0 aromatic heterocycles. The van der Waals surface area contributed by atoms with Crippen LogP contribution in [-0.2, 0) is 16.1 Å². The second kappa shape index (κ2) is 7.29. The Labute approximate surface area is 137 Å². The molecule has 0 amide bonds. The molecule has 2 aromatic carbocycles. The lowest BCUT2D eigenvalue weighted by Crippen LogP contribution is -2.37. The van der Waals surface area contributed by atoms with Gasteiger partial charge in [-0.05, 0) is 37.1 Å². The van der Waals surface area contributed by atoms with Crippen LogP contribution in [0.3, 0.4) is 0 Å². The number of nitrogens with one attached hydrogen (secondary N) is 1. The molecular weight excluding hydrogens is 288 g/mol. The van der Waals surface area contributed by atoms with E-state index < -0.39 is 11.5 Å². The number of nitrogens with two attached hydrogens (primary N) is 1. The lowest BCUT2D eigenvalue weighted by atomic mass is 9.81. The zero-order chi connectivity index (χ0) is 16.9. The molecule has 1 atom stereocenters. The predicted octanol–water partition coefficient (Wildman–Crippen LogP) is 3.50. The molecule has 2 rings (SSSR count). The van der Waals surface area contributed by atoms with Crippen LogP contribution in [0.25, 0.3) is 0 Å². The Kier molecular flexibility index (Phi) is 5.40. The van der Waals surface area contributed by atoms with Crippen LogP contribution in [0.4, 0.5) is 5.69 Å². The molecule has 0 spiro atoms. The Morgan fingerprint density at radius 2 is 1.74 bits per heavy atom. The topological polar surface area (TPSA) is 64.3 Å². The van der Waals surface area contributed by atoms with Gasteiger partial charge in [-0.1, -0.05) is 42.5 Å².